The number of halogens is 2. The highest BCUT2D eigenvalue weighted by Crippen LogP contribution is 2.28. The lowest BCUT2D eigenvalue weighted by molar-refractivity contribution is 0.0926. The molecule has 1 fully saturated rings. The summed E-state index contributed by atoms with van der Waals surface area (Å²) in [7, 11) is 0. The average Bonchev–Trinajstić information content (AvgIpc) is 3.16. The largest absolute Gasteiger partial charge is 0.462 e. The van der Waals surface area contributed by atoms with Gasteiger partial charge in [0.1, 0.15) is 4.88 Å². The summed E-state index contributed by atoms with van der Waals surface area (Å²) in [6, 6.07) is 3.66. The van der Waals surface area contributed by atoms with Crippen molar-refractivity contribution >= 4 is 42.1 Å². The maximum absolute atomic E-state index is 12.2. The molecule has 1 amide bonds. The first kappa shape index (κ1) is 20.0. The summed E-state index contributed by atoms with van der Waals surface area (Å²) in [6.07, 6.45) is 5.40. The standard InChI is InChI=1S/C15H19N3O2S.2ClH/c1-15(4-6-16-7-5-15)10-18-13(19)12-9-17-14(21-12)11-3-2-8-20-11;;/h2-3,8-9,16H,4-7,10H2,1H3,(H,18,19);2*1H. The van der Waals surface area contributed by atoms with Crippen LogP contribution in [0.5, 0.6) is 0 Å². The number of hydrogen-bond acceptors (Lipinski definition) is 5. The normalized spacial score (nSPS) is 16.0. The van der Waals surface area contributed by atoms with Crippen molar-refractivity contribution in [3.05, 3.63) is 29.5 Å². The Hall–Kier alpha value is -1.08. The van der Waals surface area contributed by atoms with Crippen molar-refractivity contribution < 1.29 is 9.21 Å². The van der Waals surface area contributed by atoms with Crippen LogP contribution in [0, 0.1) is 5.41 Å². The highest BCUT2D eigenvalue weighted by atomic mass is 35.5. The summed E-state index contributed by atoms with van der Waals surface area (Å²) in [5, 5.41) is 7.12. The Kier molecular flexibility index (Phi) is 7.54. The molecule has 0 radical (unpaired) electrons. The number of nitrogens with zero attached hydrogens (tertiary/aromatic N) is 1. The second-order valence-electron chi connectivity index (χ2n) is 5.75. The first-order chi connectivity index (χ1) is 10.2. The number of nitrogens with one attached hydrogen (secondary N) is 2. The van der Waals surface area contributed by atoms with Crippen LogP contribution < -0.4 is 10.6 Å². The fourth-order valence-corrected chi connectivity index (χ4v) is 3.28. The molecule has 2 N–H and O–H groups in total. The second-order valence-corrected chi connectivity index (χ2v) is 6.78. The Morgan fingerprint density at radius 2 is 2.17 bits per heavy atom. The van der Waals surface area contributed by atoms with E-state index in [1.807, 2.05) is 12.1 Å². The van der Waals surface area contributed by atoms with Crippen molar-refractivity contribution in [2.24, 2.45) is 5.41 Å². The van der Waals surface area contributed by atoms with Crippen LogP contribution in [0.4, 0.5) is 0 Å². The molecular formula is C15H21Cl2N3O2S. The highest BCUT2D eigenvalue weighted by Gasteiger charge is 2.27. The van der Waals surface area contributed by atoms with Gasteiger partial charge in [-0.15, -0.1) is 36.2 Å². The van der Waals surface area contributed by atoms with E-state index in [1.165, 1.54) is 11.3 Å². The van der Waals surface area contributed by atoms with E-state index in [-0.39, 0.29) is 36.1 Å². The molecule has 1 aliphatic rings. The van der Waals surface area contributed by atoms with Gasteiger partial charge in [-0.05, 0) is 43.5 Å². The lowest BCUT2D eigenvalue weighted by Crippen LogP contribution is -2.42. The van der Waals surface area contributed by atoms with Crippen LogP contribution in [0.15, 0.2) is 29.0 Å². The number of carbonyl (C=O) groups excluding carboxylic acids is 1. The van der Waals surface area contributed by atoms with E-state index in [1.54, 1.807) is 12.5 Å². The van der Waals surface area contributed by atoms with Crippen molar-refractivity contribution in [3.8, 4) is 10.8 Å². The summed E-state index contributed by atoms with van der Waals surface area (Å²) >= 11 is 1.35. The molecular weight excluding hydrogens is 357 g/mol. The van der Waals surface area contributed by atoms with Gasteiger partial charge in [-0.3, -0.25) is 4.79 Å². The summed E-state index contributed by atoms with van der Waals surface area (Å²) in [5.74, 6) is 0.648. The average molecular weight is 378 g/mol. The zero-order valence-corrected chi connectivity index (χ0v) is 15.3. The first-order valence-corrected chi connectivity index (χ1v) is 7.97. The van der Waals surface area contributed by atoms with E-state index < -0.39 is 0 Å². The van der Waals surface area contributed by atoms with Crippen molar-refractivity contribution in [3.63, 3.8) is 0 Å². The van der Waals surface area contributed by atoms with E-state index in [4.69, 9.17) is 4.42 Å². The van der Waals surface area contributed by atoms with Crippen molar-refractivity contribution in [2.75, 3.05) is 19.6 Å². The molecule has 0 unspecified atom stereocenters. The zero-order valence-electron chi connectivity index (χ0n) is 12.8. The number of piperidine rings is 1. The van der Waals surface area contributed by atoms with E-state index in [9.17, 15) is 4.79 Å². The molecule has 5 nitrogen and oxygen atoms in total. The van der Waals surface area contributed by atoms with Crippen LogP contribution in [0.1, 0.15) is 29.4 Å². The monoisotopic (exact) mass is 377 g/mol. The SMILES string of the molecule is CC1(CNC(=O)c2cnc(-c3ccco3)s2)CCNCC1.Cl.Cl. The summed E-state index contributed by atoms with van der Waals surface area (Å²) in [4.78, 5) is 17.1. The smallest absolute Gasteiger partial charge is 0.263 e. The predicted molar refractivity (Wildman–Crippen MR) is 96.9 cm³/mol. The third-order valence-electron chi connectivity index (χ3n) is 3.95. The minimum absolute atomic E-state index is 0. The van der Waals surface area contributed by atoms with Gasteiger partial charge in [0.2, 0.25) is 0 Å². The zero-order chi connectivity index (χ0) is 14.7. The van der Waals surface area contributed by atoms with Crippen LogP contribution >= 0.6 is 36.2 Å². The summed E-state index contributed by atoms with van der Waals surface area (Å²) in [6.45, 7) is 4.99. The Bertz CT molecular complexity index is 610. The Labute approximate surface area is 152 Å². The topological polar surface area (TPSA) is 67.2 Å². The minimum atomic E-state index is -0.0509. The van der Waals surface area contributed by atoms with Crippen molar-refractivity contribution in [2.45, 2.75) is 19.8 Å². The van der Waals surface area contributed by atoms with Gasteiger partial charge in [-0.1, -0.05) is 6.92 Å². The fraction of sp³-hybridized carbons (Fsp3) is 0.467. The number of furan rings is 1. The van der Waals surface area contributed by atoms with Gasteiger partial charge in [0.25, 0.3) is 5.91 Å². The molecule has 3 heterocycles. The Balaban J connectivity index is 0.00000132. The van der Waals surface area contributed by atoms with Gasteiger partial charge in [-0.25, -0.2) is 4.98 Å². The molecule has 1 aliphatic heterocycles. The van der Waals surface area contributed by atoms with Crippen LogP contribution in [-0.2, 0) is 0 Å². The number of thiazole rings is 1. The molecule has 2 aromatic rings. The molecule has 3 rings (SSSR count). The van der Waals surface area contributed by atoms with Gasteiger partial charge in [-0.2, -0.15) is 0 Å². The third kappa shape index (κ3) is 4.94. The molecule has 0 aromatic carbocycles. The van der Waals surface area contributed by atoms with E-state index in [0.29, 0.717) is 17.2 Å². The van der Waals surface area contributed by atoms with Crippen molar-refractivity contribution in [1.82, 2.24) is 15.6 Å². The maximum Gasteiger partial charge on any atom is 0.263 e. The number of amides is 1. The van der Waals surface area contributed by atoms with Gasteiger partial charge in [0.15, 0.2) is 10.8 Å². The van der Waals surface area contributed by atoms with Crippen molar-refractivity contribution in [1.29, 1.82) is 0 Å². The van der Waals surface area contributed by atoms with Crippen LogP contribution in [0.3, 0.4) is 0 Å². The Morgan fingerprint density at radius 3 is 2.83 bits per heavy atom. The van der Waals surface area contributed by atoms with Gasteiger partial charge >= 0.3 is 0 Å². The third-order valence-corrected chi connectivity index (χ3v) is 4.96. The first-order valence-electron chi connectivity index (χ1n) is 7.15. The quantitative estimate of drug-likeness (QED) is 0.856. The van der Waals surface area contributed by atoms with E-state index >= 15 is 0 Å². The molecule has 128 valence electrons. The molecule has 8 heteroatoms. The van der Waals surface area contributed by atoms with Crippen LogP contribution in [0.2, 0.25) is 0 Å². The number of carbonyl (C=O) groups is 1. The number of rotatable bonds is 4. The summed E-state index contributed by atoms with van der Waals surface area (Å²) < 4.78 is 5.29. The highest BCUT2D eigenvalue weighted by molar-refractivity contribution is 7.16. The second kappa shape index (κ2) is 8.68. The molecule has 0 bridgehead atoms. The molecule has 23 heavy (non-hydrogen) atoms. The van der Waals surface area contributed by atoms with E-state index in [2.05, 4.69) is 22.5 Å². The van der Waals surface area contributed by atoms with Gasteiger partial charge < -0.3 is 15.1 Å². The van der Waals surface area contributed by atoms with Crippen LogP contribution in [0.25, 0.3) is 10.8 Å². The fourth-order valence-electron chi connectivity index (χ4n) is 2.48. The van der Waals surface area contributed by atoms with E-state index in [0.717, 1.165) is 30.9 Å². The Morgan fingerprint density at radius 1 is 1.43 bits per heavy atom. The lowest BCUT2D eigenvalue weighted by atomic mass is 9.81. The summed E-state index contributed by atoms with van der Waals surface area (Å²) in [5.41, 5.74) is 0.190. The van der Waals surface area contributed by atoms with Crippen LogP contribution in [-0.4, -0.2) is 30.5 Å². The molecule has 2 aromatic heterocycles. The predicted octanol–water partition coefficient (Wildman–Crippen LogP) is 3.37. The molecule has 1 saturated heterocycles. The lowest BCUT2D eigenvalue weighted by Gasteiger charge is -2.34. The molecule has 0 atom stereocenters. The van der Waals surface area contributed by atoms with Gasteiger partial charge in [0.05, 0.1) is 12.5 Å². The minimum Gasteiger partial charge on any atom is -0.462 e. The molecule has 0 spiro atoms. The number of hydrogen-bond donors (Lipinski definition) is 2. The molecule has 0 aliphatic carbocycles. The molecule has 0 saturated carbocycles. The maximum atomic E-state index is 12.2. The van der Waals surface area contributed by atoms with Gasteiger partial charge in [0, 0.05) is 6.54 Å². The number of aromatic nitrogens is 1.